The predicted molar refractivity (Wildman–Crippen MR) is 44.6 cm³/mol. The molecule has 52 valence electrons. The van der Waals surface area contributed by atoms with Gasteiger partial charge in [0.2, 0.25) is 0 Å². The van der Waals surface area contributed by atoms with Crippen molar-refractivity contribution in [3.63, 3.8) is 0 Å². The van der Waals surface area contributed by atoms with Gasteiger partial charge in [0.15, 0.2) is 5.78 Å². The third-order valence-electron chi connectivity index (χ3n) is 0.900. The van der Waals surface area contributed by atoms with Crippen LogP contribution in [0, 0.1) is 0 Å². The van der Waals surface area contributed by atoms with Gasteiger partial charge < -0.3 is 0 Å². The van der Waals surface area contributed by atoms with Crippen LogP contribution in [0.5, 0.6) is 0 Å². The largest absolute Gasteiger partial charge is 0.293 e. The van der Waals surface area contributed by atoms with E-state index in [1.807, 2.05) is 0 Å². The summed E-state index contributed by atoms with van der Waals surface area (Å²) in [6.07, 6.45) is 0. The summed E-state index contributed by atoms with van der Waals surface area (Å²) in [6, 6.07) is -2.37. The predicted octanol–water partition coefficient (Wildman–Crippen LogP) is 2.26. The third-order valence-corrected chi connectivity index (χ3v) is 1.41. The van der Waals surface area contributed by atoms with E-state index in [1.165, 1.54) is 0 Å². The molecule has 0 amide bonds. The smallest absolute Gasteiger partial charge is 0.173 e. The van der Waals surface area contributed by atoms with E-state index in [1.54, 1.807) is 0 Å². The van der Waals surface area contributed by atoms with E-state index < -0.39 is 36.0 Å². The van der Waals surface area contributed by atoms with Gasteiger partial charge in [-0.25, -0.2) is 0 Å². The number of alkyl halides is 1. The fourth-order valence-electron chi connectivity index (χ4n) is 0.456. The molecule has 1 aromatic rings. The van der Waals surface area contributed by atoms with E-state index in [4.69, 9.17) is 6.85 Å². The zero-order chi connectivity index (χ0) is 11.7. The van der Waals surface area contributed by atoms with E-state index in [2.05, 4.69) is 15.9 Å². The van der Waals surface area contributed by atoms with Gasteiger partial charge in [0, 0.05) is 5.56 Å². The molecule has 1 rings (SSSR count). The highest BCUT2D eigenvalue weighted by Crippen LogP contribution is 2.01. The van der Waals surface area contributed by atoms with E-state index in [0.29, 0.717) is 0 Å². The molecular weight excluding hydrogens is 192 g/mol. The van der Waals surface area contributed by atoms with Crippen molar-refractivity contribution in [2.75, 3.05) is 5.33 Å². The van der Waals surface area contributed by atoms with Gasteiger partial charge in [-0.1, -0.05) is 46.1 Å². The van der Waals surface area contributed by atoms with Crippen LogP contribution in [0.1, 0.15) is 17.2 Å². The fraction of sp³-hybridized carbons (Fsp3) is 0.125. The molecule has 0 saturated heterocycles. The van der Waals surface area contributed by atoms with Gasteiger partial charge in [0.25, 0.3) is 0 Å². The van der Waals surface area contributed by atoms with Crippen molar-refractivity contribution in [3.05, 3.63) is 35.8 Å². The average molecular weight is 204 g/mol. The van der Waals surface area contributed by atoms with E-state index >= 15 is 0 Å². The summed E-state index contributed by atoms with van der Waals surface area (Å²) in [5, 5.41) is -0.0685. The van der Waals surface area contributed by atoms with E-state index in [9.17, 15) is 4.79 Å². The van der Waals surface area contributed by atoms with Crippen LogP contribution in [0.25, 0.3) is 0 Å². The molecule has 0 N–H and O–H groups in total. The van der Waals surface area contributed by atoms with Gasteiger partial charge in [-0.2, -0.15) is 0 Å². The molecule has 2 heteroatoms. The Labute approximate surface area is 75.2 Å². The Morgan fingerprint density at radius 2 is 2.10 bits per heavy atom. The first-order valence-corrected chi connectivity index (χ1v) is 3.70. The van der Waals surface area contributed by atoms with Gasteiger partial charge >= 0.3 is 0 Å². The van der Waals surface area contributed by atoms with Crippen molar-refractivity contribution in [1.29, 1.82) is 0 Å². The molecule has 1 nitrogen and oxygen atoms in total. The number of hydrogen-bond acceptors (Lipinski definition) is 1. The molecule has 0 radical (unpaired) electrons. The Kier molecular flexibility index (Phi) is 1.12. The topological polar surface area (TPSA) is 17.1 Å². The van der Waals surface area contributed by atoms with Crippen molar-refractivity contribution in [3.8, 4) is 0 Å². The third kappa shape index (κ3) is 1.67. The van der Waals surface area contributed by atoms with Crippen LogP contribution in [0.15, 0.2) is 30.2 Å². The highest BCUT2D eigenvalue weighted by atomic mass is 79.9. The standard InChI is InChI=1S/C8H7BrO/c9-6-8(10)7-4-2-1-3-5-7/h1-5H,6H2/i1D,2D,3D,4D,5D. The molecule has 0 aliphatic heterocycles. The van der Waals surface area contributed by atoms with E-state index in [0.717, 1.165) is 0 Å². The highest BCUT2D eigenvalue weighted by molar-refractivity contribution is 9.09. The maximum absolute atomic E-state index is 11.4. The Hall–Kier alpha value is -0.630. The molecule has 0 bridgehead atoms. The maximum atomic E-state index is 11.4. The Balaban J connectivity index is 3.60. The number of Topliss-reactive ketones (excluding diaryl/α,β-unsaturated/α-hetero) is 1. The van der Waals surface area contributed by atoms with Gasteiger partial charge in [0.1, 0.15) is 0 Å². The minimum atomic E-state index is -0.521. The molecule has 0 spiro atoms. The zero-order valence-corrected chi connectivity index (χ0v) is 6.58. The minimum absolute atomic E-state index is 0.0685. The monoisotopic (exact) mass is 203 g/mol. The quantitative estimate of drug-likeness (QED) is 0.533. The van der Waals surface area contributed by atoms with E-state index in [-0.39, 0.29) is 10.9 Å². The molecular formula is C8H7BrO. The SMILES string of the molecule is [2H]c1c([2H])c([2H])c(C(=O)CBr)c([2H])c1[2H]. The first-order valence-electron chi connectivity index (χ1n) is 5.07. The Morgan fingerprint density at radius 1 is 1.50 bits per heavy atom. The van der Waals surface area contributed by atoms with Gasteiger partial charge in [-0.05, 0) is 0 Å². The molecule has 0 atom stereocenters. The first-order chi connectivity index (χ1) is 6.91. The van der Waals surface area contributed by atoms with Crippen LogP contribution in [0.2, 0.25) is 0 Å². The molecule has 0 unspecified atom stereocenters. The lowest BCUT2D eigenvalue weighted by atomic mass is 10.2. The second kappa shape index (κ2) is 3.52. The summed E-state index contributed by atoms with van der Waals surface area (Å²) in [4.78, 5) is 11.4. The first kappa shape index (κ1) is 3.18. The molecule has 0 heterocycles. The number of rotatable bonds is 2. The van der Waals surface area contributed by atoms with Crippen LogP contribution in [0.3, 0.4) is 0 Å². The molecule has 0 fully saturated rings. The molecule has 10 heavy (non-hydrogen) atoms. The van der Waals surface area contributed by atoms with Crippen molar-refractivity contribution in [2.45, 2.75) is 0 Å². The van der Waals surface area contributed by atoms with Crippen molar-refractivity contribution in [1.82, 2.24) is 0 Å². The van der Waals surface area contributed by atoms with Gasteiger partial charge in [0.05, 0.1) is 12.2 Å². The Morgan fingerprint density at radius 3 is 2.60 bits per heavy atom. The fourth-order valence-corrected chi connectivity index (χ4v) is 0.737. The second-order valence-electron chi connectivity index (χ2n) is 1.56. The van der Waals surface area contributed by atoms with Gasteiger partial charge in [-0.3, -0.25) is 4.79 Å². The summed E-state index contributed by atoms with van der Waals surface area (Å²) in [6.45, 7) is 0. The summed E-state index contributed by atoms with van der Waals surface area (Å²) in [7, 11) is 0. The summed E-state index contributed by atoms with van der Waals surface area (Å²) in [5.41, 5.74) is -0.266. The maximum Gasteiger partial charge on any atom is 0.173 e. The van der Waals surface area contributed by atoms with Crippen LogP contribution < -0.4 is 0 Å². The van der Waals surface area contributed by atoms with Gasteiger partial charge in [-0.15, -0.1) is 0 Å². The highest BCUT2D eigenvalue weighted by Gasteiger charge is 1.99. The summed E-state index contributed by atoms with van der Waals surface area (Å²) >= 11 is 2.90. The molecule has 0 aliphatic carbocycles. The normalized spacial score (nSPS) is 16.3. The average Bonchev–Trinajstić information content (AvgIpc) is 2.23. The lowest BCUT2D eigenvalue weighted by Gasteiger charge is -1.92. The number of carbonyl (C=O) groups is 1. The number of carbonyl (C=O) groups excluding carboxylic acids is 1. The minimum Gasteiger partial charge on any atom is -0.293 e. The van der Waals surface area contributed by atoms with Crippen molar-refractivity contribution < 1.29 is 11.6 Å². The lowest BCUT2D eigenvalue weighted by molar-refractivity contribution is 0.102. The summed E-state index contributed by atoms with van der Waals surface area (Å²) < 4.78 is 36.9. The van der Waals surface area contributed by atoms with Crippen LogP contribution in [-0.4, -0.2) is 11.1 Å². The lowest BCUT2D eigenvalue weighted by Crippen LogP contribution is -1.98. The molecule has 0 aliphatic rings. The van der Waals surface area contributed by atoms with Crippen molar-refractivity contribution in [2.24, 2.45) is 0 Å². The number of halogens is 1. The number of ketones is 1. The molecule has 1 aromatic carbocycles. The molecule has 0 aromatic heterocycles. The molecule has 0 saturated carbocycles. The zero-order valence-electron chi connectivity index (χ0n) is 9.99. The van der Waals surface area contributed by atoms with Crippen LogP contribution in [-0.2, 0) is 0 Å². The Bertz CT molecular complexity index is 403. The summed E-state index contributed by atoms with van der Waals surface area (Å²) in [5.74, 6) is -0.521. The van der Waals surface area contributed by atoms with Crippen LogP contribution >= 0.6 is 15.9 Å². The second-order valence-corrected chi connectivity index (χ2v) is 2.12. The van der Waals surface area contributed by atoms with Crippen LogP contribution in [0.4, 0.5) is 0 Å². The number of benzene rings is 1. The number of hydrogen-bond donors (Lipinski definition) is 0. The van der Waals surface area contributed by atoms with Crippen molar-refractivity contribution >= 4 is 21.7 Å².